The summed E-state index contributed by atoms with van der Waals surface area (Å²) in [6, 6.07) is 15.3. The predicted molar refractivity (Wildman–Crippen MR) is 103 cm³/mol. The Morgan fingerprint density at radius 2 is 1.70 bits per heavy atom. The molecule has 5 heteroatoms. The molecular formula is C18H21IN2O2. The van der Waals surface area contributed by atoms with E-state index in [9.17, 15) is 4.79 Å². The summed E-state index contributed by atoms with van der Waals surface area (Å²) in [5.41, 5.74) is 1.69. The van der Waals surface area contributed by atoms with Crippen LogP contribution < -0.4 is 15.4 Å². The number of nitrogens with one attached hydrogen (secondary N) is 2. The maximum absolute atomic E-state index is 11.9. The van der Waals surface area contributed by atoms with Crippen LogP contribution in [-0.2, 0) is 4.79 Å². The van der Waals surface area contributed by atoms with E-state index in [2.05, 4.69) is 40.1 Å². The van der Waals surface area contributed by atoms with Gasteiger partial charge in [-0.05, 0) is 84.5 Å². The second-order valence-corrected chi connectivity index (χ2v) is 6.52. The monoisotopic (exact) mass is 424 g/mol. The summed E-state index contributed by atoms with van der Waals surface area (Å²) in [4.78, 5) is 11.9. The topological polar surface area (TPSA) is 50.4 Å². The van der Waals surface area contributed by atoms with Gasteiger partial charge in [0.1, 0.15) is 5.75 Å². The number of halogens is 1. The summed E-state index contributed by atoms with van der Waals surface area (Å²) in [5.74, 6) is 0.763. The molecule has 0 aliphatic rings. The molecule has 1 unspecified atom stereocenters. The Labute approximate surface area is 150 Å². The lowest BCUT2D eigenvalue weighted by Crippen LogP contribution is -2.21. The molecule has 23 heavy (non-hydrogen) atoms. The fraction of sp³-hybridized carbons (Fsp3) is 0.278. The average Bonchev–Trinajstić information content (AvgIpc) is 2.56. The summed E-state index contributed by atoms with van der Waals surface area (Å²) in [7, 11) is 0. The first-order valence-electron chi connectivity index (χ1n) is 7.63. The third-order valence-electron chi connectivity index (χ3n) is 3.35. The van der Waals surface area contributed by atoms with Crippen LogP contribution in [0.4, 0.5) is 11.4 Å². The lowest BCUT2D eigenvalue weighted by Gasteiger charge is -2.13. The predicted octanol–water partition coefficient (Wildman–Crippen LogP) is 4.52. The summed E-state index contributed by atoms with van der Waals surface area (Å²) in [6.07, 6.45) is 1.17. The van der Waals surface area contributed by atoms with Crippen LogP contribution in [0.25, 0.3) is 0 Å². The second kappa shape index (κ2) is 8.76. The quantitative estimate of drug-likeness (QED) is 0.643. The Bertz CT molecular complexity index is 626. The number of anilines is 2. The van der Waals surface area contributed by atoms with Crippen LogP contribution in [-0.4, -0.2) is 18.6 Å². The molecule has 0 bridgehead atoms. The molecule has 0 fully saturated rings. The highest BCUT2D eigenvalue weighted by atomic mass is 127. The standard InChI is InChI=1S/C18H21IN2O2/c1-3-13(2)23-17-10-8-15(9-11-17)20-12-18(22)21-16-6-4-14(19)5-7-16/h4-11,13,20H,3,12H2,1-2H3,(H,21,22). The molecule has 0 radical (unpaired) electrons. The fourth-order valence-corrected chi connectivity index (χ4v) is 2.25. The first-order valence-corrected chi connectivity index (χ1v) is 8.70. The van der Waals surface area contributed by atoms with Crippen LogP contribution >= 0.6 is 22.6 Å². The van der Waals surface area contributed by atoms with Crippen LogP contribution in [0.15, 0.2) is 48.5 Å². The van der Waals surface area contributed by atoms with Gasteiger partial charge in [-0.2, -0.15) is 0 Å². The first kappa shape index (κ1) is 17.6. The van der Waals surface area contributed by atoms with E-state index in [1.54, 1.807) is 0 Å². The van der Waals surface area contributed by atoms with Crippen LogP contribution in [0.5, 0.6) is 5.75 Å². The van der Waals surface area contributed by atoms with Gasteiger partial charge in [0.05, 0.1) is 12.6 Å². The average molecular weight is 424 g/mol. The van der Waals surface area contributed by atoms with Gasteiger partial charge < -0.3 is 15.4 Å². The van der Waals surface area contributed by atoms with E-state index < -0.39 is 0 Å². The Kier molecular flexibility index (Phi) is 6.70. The number of carbonyl (C=O) groups excluding carboxylic acids is 1. The molecule has 1 atom stereocenters. The molecule has 0 saturated carbocycles. The van der Waals surface area contributed by atoms with E-state index in [1.165, 1.54) is 0 Å². The minimum atomic E-state index is -0.0776. The van der Waals surface area contributed by atoms with Crippen molar-refractivity contribution in [1.82, 2.24) is 0 Å². The molecule has 0 spiro atoms. The van der Waals surface area contributed by atoms with Crippen molar-refractivity contribution in [2.75, 3.05) is 17.2 Å². The zero-order chi connectivity index (χ0) is 16.7. The highest BCUT2D eigenvalue weighted by Crippen LogP contribution is 2.17. The number of carbonyl (C=O) groups is 1. The molecule has 0 saturated heterocycles. The second-order valence-electron chi connectivity index (χ2n) is 5.27. The Hall–Kier alpha value is -1.76. The van der Waals surface area contributed by atoms with Crippen molar-refractivity contribution in [2.24, 2.45) is 0 Å². The number of benzene rings is 2. The molecule has 0 aliphatic carbocycles. The maximum Gasteiger partial charge on any atom is 0.243 e. The molecule has 0 aliphatic heterocycles. The van der Waals surface area contributed by atoms with Crippen LogP contribution in [0.3, 0.4) is 0 Å². The van der Waals surface area contributed by atoms with Gasteiger partial charge in [-0.25, -0.2) is 0 Å². The number of hydrogen-bond donors (Lipinski definition) is 2. The van der Waals surface area contributed by atoms with Gasteiger partial charge in [-0.1, -0.05) is 6.92 Å². The minimum absolute atomic E-state index is 0.0776. The van der Waals surface area contributed by atoms with Gasteiger partial charge >= 0.3 is 0 Å². The van der Waals surface area contributed by atoms with E-state index in [0.29, 0.717) is 0 Å². The summed E-state index contributed by atoms with van der Waals surface area (Å²) in [5, 5.41) is 5.96. The van der Waals surface area contributed by atoms with Crippen LogP contribution in [0.1, 0.15) is 20.3 Å². The van der Waals surface area contributed by atoms with Crippen LogP contribution in [0, 0.1) is 3.57 Å². The van der Waals surface area contributed by atoms with E-state index in [0.717, 1.165) is 27.1 Å². The van der Waals surface area contributed by atoms with Crippen molar-refractivity contribution in [3.63, 3.8) is 0 Å². The Balaban J connectivity index is 1.80. The molecule has 0 aromatic heterocycles. The van der Waals surface area contributed by atoms with Gasteiger partial charge in [0.25, 0.3) is 0 Å². The molecule has 2 aromatic carbocycles. The van der Waals surface area contributed by atoms with Gasteiger partial charge in [0.15, 0.2) is 0 Å². The number of rotatable bonds is 7. The SMILES string of the molecule is CCC(C)Oc1ccc(NCC(=O)Nc2ccc(I)cc2)cc1. The van der Waals surface area contributed by atoms with E-state index in [1.807, 2.05) is 55.5 Å². The Morgan fingerprint density at radius 3 is 2.30 bits per heavy atom. The molecule has 0 heterocycles. The zero-order valence-electron chi connectivity index (χ0n) is 13.3. The molecule has 4 nitrogen and oxygen atoms in total. The molecule has 122 valence electrons. The highest BCUT2D eigenvalue weighted by Gasteiger charge is 2.04. The summed E-state index contributed by atoms with van der Waals surface area (Å²) in [6.45, 7) is 4.35. The third-order valence-corrected chi connectivity index (χ3v) is 4.07. The Morgan fingerprint density at radius 1 is 1.09 bits per heavy atom. The first-order chi connectivity index (χ1) is 11.1. The maximum atomic E-state index is 11.9. The molecule has 2 rings (SSSR count). The van der Waals surface area contributed by atoms with Gasteiger partial charge in [-0.15, -0.1) is 0 Å². The molecule has 1 amide bonds. The minimum Gasteiger partial charge on any atom is -0.491 e. The van der Waals surface area contributed by atoms with Crippen molar-refractivity contribution in [3.8, 4) is 5.75 Å². The number of hydrogen-bond acceptors (Lipinski definition) is 3. The van der Waals surface area contributed by atoms with E-state index >= 15 is 0 Å². The fourth-order valence-electron chi connectivity index (χ4n) is 1.89. The highest BCUT2D eigenvalue weighted by molar-refractivity contribution is 14.1. The van der Waals surface area contributed by atoms with Crippen molar-refractivity contribution < 1.29 is 9.53 Å². The summed E-state index contributed by atoms with van der Waals surface area (Å²) < 4.78 is 6.86. The largest absolute Gasteiger partial charge is 0.491 e. The van der Waals surface area contributed by atoms with Gasteiger partial charge in [0.2, 0.25) is 5.91 Å². The van der Waals surface area contributed by atoms with Gasteiger partial charge in [0, 0.05) is 14.9 Å². The van der Waals surface area contributed by atoms with Crippen molar-refractivity contribution in [3.05, 3.63) is 52.1 Å². The number of amides is 1. The smallest absolute Gasteiger partial charge is 0.243 e. The zero-order valence-corrected chi connectivity index (χ0v) is 15.5. The van der Waals surface area contributed by atoms with E-state index in [-0.39, 0.29) is 18.6 Å². The van der Waals surface area contributed by atoms with Crippen molar-refractivity contribution in [2.45, 2.75) is 26.4 Å². The third kappa shape index (κ3) is 6.09. The molecule has 2 aromatic rings. The van der Waals surface area contributed by atoms with E-state index in [4.69, 9.17) is 4.74 Å². The van der Waals surface area contributed by atoms with Crippen molar-refractivity contribution >= 4 is 39.9 Å². The lowest BCUT2D eigenvalue weighted by molar-refractivity contribution is -0.114. The normalized spacial score (nSPS) is 11.6. The van der Waals surface area contributed by atoms with Crippen LogP contribution in [0.2, 0.25) is 0 Å². The lowest BCUT2D eigenvalue weighted by atomic mass is 10.2. The molecular weight excluding hydrogens is 403 g/mol. The molecule has 2 N–H and O–H groups in total. The van der Waals surface area contributed by atoms with Crippen molar-refractivity contribution in [1.29, 1.82) is 0 Å². The summed E-state index contributed by atoms with van der Waals surface area (Å²) >= 11 is 2.23. The number of ether oxygens (including phenoxy) is 1. The van der Waals surface area contributed by atoms with Gasteiger partial charge in [-0.3, -0.25) is 4.79 Å².